The Kier molecular flexibility index (Phi) is 6.44. The smallest absolute Gasteiger partial charge is 0.211 e. The second kappa shape index (κ2) is 8.70. The molecule has 8 heteroatoms. The summed E-state index contributed by atoms with van der Waals surface area (Å²) in [6.07, 6.45) is 8.89. The lowest BCUT2D eigenvalue weighted by molar-refractivity contribution is -0.0808. The standard InChI is InChI=1S/C24H37N3O4S/c1-23(2,3)30-17-26-10-8-20(9-11-26)24(4)15-19-14-21(25-16-22(19)31-24)18-6-12-27(13-7-18)32(5,28)29/h6,14,16,20H,7-13,15,17H2,1-5H3/t24-/m0/s1. The van der Waals surface area contributed by atoms with E-state index in [0.29, 0.717) is 32.2 Å². The fourth-order valence-corrected chi connectivity index (χ4v) is 5.69. The molecule has 0 spiro atoms. The van der Waals surface area contributed by atoms with Crippen LogP contribution >= 0.6 is 0 Å². The highest BCUT2D eigenvalue weighted by Crippen LogP contribution is 2.43. The van der Waals surface area contributed by atoms with E-state index in [4.69, 9.17) is 9.47 Å². The Morgan fingerprint density at radius 1 is 1.25 bits per heavy atom. The highest BCUT2D eigenvalue weighted by atomic mass is 32.2. The van der Waals surface area contributed by atoms with Gasteiger partial charge in [-0.25, -0.2) is 8.42 Å². The van der Waals surface area contributed by atoms with Gasteiger partial charge in [0.1, 0.15) is 11.4 Å². The van der Waals surface area contributed by atoms with Gasteiger partial charge >= 0.3 is 0 Å². The lowest BCUT2D eigenvalue weighted by Gasteiger charge is -2.40. The molecular formula is C24H37N3O4S. The van der Waals surface area contributed by atoms with E-state index in [1.54, 1.807) is 0 Å². The van der Waals surface area contributed by atoms with Crippen LogP contribution in [0.15, 0.2) is 18.3 Å². The van der Waals surface area contributed by atoms with Crippen LogP contribution in [0.3, 0.4) is 0 Å². The molecule has 178 valence electrons. The topological polar surface area (TPSA) is 72.0 Å². The van der Waals surface area contributed by atoms with Crippen molar-refractivity contribution < 1.29 is 17.9 Å². The lowest BCUT2D eigenvalue weighted by Crippen LogP contribution is -2.47. The fraction of sp³-hybridized carbons (Fsp3) is 0.708. The molecule has 0 aliphatic carbocycles. The predicted octanol–water partition coefficient (Wildman–Crippen LogP) is 3.31. The molecule has 32 heavy (non-hydrogen) atoms. The molecule has 1 aromatic rings. The van der Waals surface area contributed by atoms with Crippen LogP contribution in [-0.4, -0.2) is 73.0 Å². The zero-order chi connectivity index (χ0) is 23.1. The van der Waals surface area contributed by atoms with Crippen molar-refractivity contribution in [1.29, 1.82) is 0 Å². The van der Waals surface area contributed by atoms with Crippen LogP contribution in [0.1, 0.15) is 58.2 Å². The summed E-state index contributed by atoms with van der Waals surface area (Å²) < 4.78 is 37.4. The maximum Gasteiger partial charge on any atom is 0.211 e. The SMILES string of the molecule is CC(C)(C)OCN1CCC([C@]2(C)Cc3cc(C4=CCN(S(C)(=O)=O)CC4)ncc3O2)CC1. The first kappa shape index (κ1) is 23.7. The van der Waals surface area contributed by atoms with Crippen molar-refractivity contribution in [3.63, 3.8) is 0 Å². The average molecular weight is 464 g/mol. The molecule has 1 aromatic heterocycles. The van der Waals surface area contributed by atoms with Crippen molar-refractivity contribution in [3.8, 4) is 5.75 Å². The third-order valence-electron chi connectivity index (χ3n) is 6.93. The number of pyridine rings is 1. The number of ether oxygens (including phenoxy) is 2. The van der Waals surface area contributed by atoms with Crippen LogP contribution in [0.5, 0.6) is 5.75 Å². The van der Waals surface area contributed by atoms with Gasteiger partial charge in [0.25, 0.3) is 0 Å². The summed E-state index contributed by atoms with van der Waals surface area (Å²) in [5, 5.41) is 0. The number of aromatic nitrogens is 1. The van der Waals surface area contributed by atoms with Gasteiger partial charge in [0, 0.05) is 44.1 Å². The molecule has 1 fully saturated rings. The van der Waals surface area contributed by atoms with E-state index in [-0.39, 0.29) is 11.2 Å². The highest BCUT2D eigenvalue weighted by Gasteiger charge is 2.43. The molecule has 0 radical (unpaired) electrons. The summed E-state index contributed by atoms with van der Waals surface area (Å²) in [5.41, 5.74) is 2.96. The molecular weight excluding hydrogens is 426 g/mol. The minimum Gasteiger partial charge on any atom is -0.485 e. The molecule has 3 aliphatic rings. The monoisotopic (exact) mass is 463 g/mol. The molecule has 0 N–H and O–H groups in total. The van der Waals surface area contributed by atoms with Crippen LogP contribution in [-0.2, 0) is 21.2 Å². The summed E-state index contributed by atoms with van der Waals surface area (Å²) >= 11 is 0. The average Bonchev–Trinajstić information content (AvgIpc) is 3.08. The van der Waals surface area contributed by atoms with Gasteiger partial charge in [-0.3, -0.25) is 9.88 Å². The Morgan fingerprint density at radius 3 is 2.56 bits per heavy atom. The lowest BCUT2D eigenvalue weighted by atomic mass is 9.79. The van der Waals surface area contributed by atoms with Gasteiger partial charge in [0.05, 0.1) is 30.5 Å². The minimum atomic E-state index is -3.15. The molecule has 0 bridgehead atoms. The van der Waals surface area contributed by atoms with E-state index in [1.165, 1.54) is 16.1 Å². The molecule has 0 aromatic carbocycles. The van der Waals surface area contributed by atoms with Gasteiger partial charge in [0.15, 0.2) is 0 Å². The van der Waals surface area contributed by atoms with E-state index in [0.717, 1.165) is 49.4 Å². The van der Waals surface area contributed by atoms with Gasteiger partial charge in [-0.05, 0) is 58.6 Å². The van der Waals surface area contributed by atoms with E-state index >= 15 is 0 Å². The molecule has 4 heterocycles. The maximum atomic E-state index is 11.8. The molecule has 0 unspecified atom stereocenters. The fourth-order valence-electron chi connectivity index (χ4n) is 4.93. The minimum absolute atomic E-state index is 0.111. The summed E-state index contributed by atoms with van der Waals surface area (Å²) in [6.45, 7) is 12.2. The van der Waals surface area contributed by atoms with Gasteiger partial charge < -0.3 is 9.47 Å². The first-order chi connectivity index (χ1) is 14.9. The number of likely N-dealkylation sites (tertiary alicyclic amines) is 1. The number of hydrogen-bond donors (Lipinski definition) is 0. The van der Waals surface area contributed by atoms with E-state index < -0.39 is 10.0 Å². The van der Waals surface area contributed by atoms with Gasteiger partial charge in [-0.1, -0.05) is 6.08 Å². The Bertz CT molecular complexity index is 977. The zero-order valence-electron chi connectivity index (χ0n) is 20.1. The molecule has 1 saturated heterocycles. The number of nitrogens with zero attached hydrogens (tertiary/aromatic N) is 3. The quantitative estimate of drug-likeness (QED) is 0.667. The molecule has 4 rings (SSSR count). The molecule has 0 saturated carbocycles. The molecule has 1 atom stereocenters. The van der Waals surface area contributed by atoms with Gasteiger partial charge in [0.2, 0.25) is 10.0 Å². The second-order valence-corrected chi connectivity index (χ2v) is 12.6. The summed E-state index contributed by atoms with van der Waals surface area (Å²) in [4.78, 5) is 7.04. The molecule has 0 amide bonds. The number of hydrogen-bond acceptors (Lipinski definition) is 6. The Labute approximate surface area is 192 Å². The first-order valence-electron chi connectivity index (χ1n) is 11.6. The van der Waals surface area contributed by atoms with Gasteiger partial charge in [-0.2, -0.15) is 4.31 Å². The number of piperidine rings is 1. The summed E-state index contributed by atoms with van der Waals surface area (Å²) in [5.74, 6) is 1.39. The van der Waals surface area contributed by atoms with Crippen LogP contribution in [0, 0.1) is 5.92 Å². The van der Waals surface area contributed by atoms with E-state index in [1.807, 2.05) is 12.3 Å². The molecule has 3 aliphatic heterocycles. The Balaban J connectivity index is 1.38. The first-order valence-corrected chi connectivity index (χ1v) is 13.5. The van der Waals surface area contributed by atoms with Crippen molar-refractivity contribution in [2.45, 2.75) is 64.6 Å². The van der Waals surface area contributed by atoms with Gasteiger partial charge in [-0.15, -0.1) is 0 Å². The van der Waals surface area contributed by atoms with Crippen molar-refractivity contribution >= 4 is 15.6 Å². The van der Waals surface area contributed by atoms with Crippen molar-refractivity contribution in [1.82, 2.24) is 14.2 Å². The normalized spacial score (nSPS) is 26.0. The zero-order valence-corrected chi connectivity index (χ0v) is 20.9. The van der Waals surface area contributed by atoms with Crippen molar-refractivity contribution in [2.24, 2.45) is 5.92 Å². The second-order valence-electron chi connectivity index (χ2n) is 10.6. The summed E-state index contributed by atoms with van der Waals surface area (Å²) in [7, 11) is -3.15. The Morgan fingerprint density at radius 2 is 1.97 bits per heavy atom. The van der Waals surface area contributed by atoms with E-state index in [2.05, 4.69) is 43.6 Å². The highest BCUT2D eigenvalue weighted by molar-refractivity contribution is 7.88. The van der Waals surface area contributed by atoms with Crippen LogP contribution in [0.2, 0.25) is 0 Å². The molecule has 7 nitrogen and oxygen atoms in total. The van der Waals surface area contributed by atoms with E-state index in [9.17, 15) is 8.42 Å². The van der Waals surface area contributed by atoms with Crippen molar-refractivity contribution in [2.75, 3.05) is 39.2 Å². The third kappa shape index (κ3) is 5.35. The predicted molar refractivity (Wildman–Crippen MR) is 126 cm³/mol. The van der Waals surface area contributed by atoms with Crippen LogP contribution < -0.4 is 4.74 Å². The number of fused-ring (bicyclic) bond motifs is 1. The van der Waals surface area contributed by atoms with Crippen LogP contribution in [0.4, 0.5) is 0 Å². The maximum absolute atomic E-state index is 11.8. The largest absolute Gasteiger partial charge is 0.485 e. The Hall–Kier alpha value is -1.48. The summed E-state index contributed by atoms with van der Waals surface area (Å²) in [6, 6.07) is 2.15. The third-order valence-corrected chi connectivity index (χ3v) is 8.20. The number of sulfonamides is 1. The number of rotatable bonds is 5. The van der Waals surface area contributed by atoms with Crippen molar-refractivity contribution in [3.05, 3.63) is 29.6 Å². The van der Waals surface area contributed by atoms with Crippen LogP contribution in [0.25, 0.3) is 5.57 Å².